The fraction of sp³-hybridized carbons (Fsp3) is 0.846. The van der Waals surface area contributed by atoms with Crippen LogP contribution in [0.1, 0.15) is 26.2 Å². The fourth-order valence-corrected chi connectivity index (χ4v) is 3.54. The molecule has 0 aromatic rings. The zero-order valence-electron chi connectivity index (χ0n) is 12.3. The largest absolute Gasteiger partial charge is 0.368 e. The normalized spacial score (nSPS) is 25.0. The SMILES string of the molecule is CCSN(CCC1CCC(C(N)=O)N1C)CC(N)C=O. The number of carbonyl (C=O) groups is 2. The molecule has 1 rings (SSSR count). The number of hydrogen-bond donors (Lipinski definition) is 2. The summed E-state index contributed by atoms with van der Waals surface area (Å²) in [4.78, 5) is 24.0. The van der Waals surface area contributed by atoms with E-state index >= 15 is 0 Å². The summed E-state index contributed by atoms with van der Waals surface area (Å²) in [5, 5.41) is 0. The number of amides is 1. The van der Waals surface area contributed by atoms with Crippen LogP contribution in [0.4, 0.5) is 0 Å². The highest BCUT2D eigenvalue weighted by molar-refractivity contribution is 7.96. The Morgan fingerprint density at radius 3 is 2.75 bits per heavy atom. The Balaban J connectivity index is 2.43. The van der Waals surface area contributed by atoms with Gasteiger partial charge in [0.25, 0.3) is 0 Å². The molecule has 3 atom stereocenters. The Hall–Kier alpha value is -0.630. The molecular formula is C13H26N4O2S. The number of nitrogens with two attached hydrogens (primary N) is 2. The minimum atomic E-state index is -0.436. The van der Waals surface area contributed by atoms with Crippen molar-refractivity contribution in [3.63, 3.8) is 0 Å². The molecule has 1 amide bonds. The highest BCUT2D eigenvalue weighted by Crippen LogP contribution is 2.25. The summed E-state index contributed by atoms with van der Waals surface area (Å²) < 4.78 is 2.14. The van der Waals surface area contributed by atoms with Gasteiger partial charge in [-0.15, -0.1) is 0 Å². The molecule has 1 fully saturated rings. The molecule has 7 heteroatoms. The maximum Gasteiger partial charge on any atom is 0.234 e. The van der Waals surface area contributed by atoms with E-state index in [1.54, 1.807) is 11.9 Å². The summed E-state index contributed by atoms with van der Waals surface area (Å²) >= 11 is 1.70. The molecule has 6 nitrogen and oxygen atoms in total. The van der Waals surface area contributed by atoms with Crippen molar-refractivity contribution in [2.45, 2.75) is 44.3 Å². The van der Waals surface area contributed by atoms with Gasteiger partial charge in [-0.2, -0.15) is 0 Å². The molecule has 1 heterocycles. The Morgan fingerprint density at radius 1 is 1.55 bits per heavy atom. The van der Waals surface area contributed by atoms with Gasteiger partial charge < -0.3 is 16.3 Å². The van der Waals surface area contributed by atoms with Crippen molar-refractivity contribution in [2.24, 2.45) is 11.5 Å². The van der Waals surface area contributed by atoms with Crippen molar-refractivity contribution in [3.8, 4) is 0 Å². The van der Waals surface area contributed by atoms with Gasteiger partial charge in [0.1, 0.15) is 6.29 Å². The van der Waals surface area contributed by atoms with Crippen LogP contribution in [0.3, 0.4) is 0 Å². The van der Waals surface area contributed by atoms with Crippen LogP contribution in [0.25, 0.3) is 0 Å². The average Bonchev–Trinajstić information content (AvgIpc) is 2.77. The zero-order valence-corrected chi connectivity index (χ0v) is 13.1. The molecule has 20 heavy (non-hydrogen) atoms. The molecule has 0 saturated carbocycles. The topological polar surface area (TPSA) is 92.7 Å². The standard InChI is InChI=1S/C13H26N4O2S/c1-3-20-17(8-10(14)9-18)7-6-11-4-5-12(13(15)19)16(11)2/h9-12H,3-8,14H2,1-2H3,(H2,15,19). The second-order valence-electron chi connectivity index (χ2n) is 5.21. The number of likely N-dealkylation sites (N-methyl/N-ethyl adjacent to an activating group) is 1. The first-order valence-corrected chi connectivity index (χ1v) is 8.03. The summed E-state index contributed by atoms with van der Waals surface area (Å²) in [7, 11) is 1.96. The van der Waals surface area contributed by atoms with E-state index in [-0.39, 0.29) is 11.9 Å². The maximum absolute atomic E-state index is 11.3. The van der Waals surface area contributed by atoms with Gasteiger partial charge in [-0.3, -0.25) is 9.69 Å². The highest BCUT2D eigenvalue weighted by atomic mass is 32.2. The summed E-state index contributed by atoms with van der Waals surface area (Å²) in [5.74, 6) is 0.716. The lowest BCUT2D eigenvalue weighted by molar-refractivity contribution is -0.122. The third-order valence-electron chi connectivity index (χ3n) is 3.78. The van der Waals surface area contributed by atoms with Gasteiger partial charge in [-0.1, -0.05) is 18.9 Å². The molecule has 0 spiro atoms. The average molecular weight is 302 g/mol. The van der Waals surface area contributed by atoms with Gasteiger partial charge in [-0.25, -0.2) is 4.31 Å². The van der Waals surface area contributed by atoms with E-state index in [9.17, 15) is 9.59 Å². The third-order valence-corrected chi connectivity index (χ3v) is 4.74. The molecule has 1 aliphatic rings. The number of likely N-dealkylation sites (tertiary alicyclic amines) is 1. The highest BCUT2D eigenvalue weighted by Gasteiger charge is 2.33. The van der Waals surface area contributed by atoms with Crippen LogP contribution >= 0.6 is 11.9 Å². The minimum absolute atomic E-state index is 0.135. The predicted octanol–water partition coefficient (Wildman–Crippen LogP) is -0.179. The van der Waals surface area contributed by atoms with Crippen molar-refractivity contribution >= 4 is 24.1 Å². The Kier molecular flexibility index (Phi) is 7.50. The summed E-state index contributed by atoms with van der Waals surface area (Å²) in [5.41, 5.74) is 11.1. The van der Waals surface area contributed by atoms with E-state index in [4.69, 9.17) is 11.5 Å². The van der Waals surface area contributed by atoms with E-state index in [0.717, 1.165) is 37.8 Å². The molecule has 116 valence electrons. The molecular weight excluding hydrogens is 276 g/mol. The Bertz CT molecular complexity index is 329. The number of nitrogens with zero attached hydrogens (tertiary/aromatic N) is 2. The van der Waals surface area contributed by atoms with Crippen LogP contribution in [0.5, 0.6) is 0 Å². The Labute approximate surface area is 125 Å². The summed E-state index contributed by atoms with van der Waals surface area (Å²) in [6.07, 6.45) is 3.58. The molecule has 0 bridgehead atoms. The van der Waals surface area contributed by atoms with Gasteiger partial charge in [0.2, 0.25) is 5.91 Å². The molecule has 1 aliphatic heterocycles. The van der Waals surface area contributed by atoms with E-state index in [1.165, 1.54) is 0 Å². The molecule has 0 aliphatic carbocycles. The number of hydrogen-bond acceptors (Lipinski definition) is 6. The van der Waals surface area contributed by atoms with Gasteiger partial charge in [0, 0.05) is 24.9 Å². The van der Waals surface area contributed by atoms with E-state index < -0.39 is 6.04 Å². The smallest absolute Gasteiger partial charge is 0.234 e. The lowest BCUT2D eigenvalue weighted by Gasteiger charge is -2.27. The van der Waals surface area contributed by atoms with Gasteiger partial charge >= 0.3 is 0 Å². The van der Waals surface area contributed by atoms with Crippen molar-refractivity contribution in [2.75, 3.05) is 25.9 Å². The van der Waals surface area contributed by atoms with Crippen LogP contribution in [0.2, 0.25) is 0 Å². The van der Waals surface area contributed by atoms with Gasteiger partial charge in [-0.05, 0) is 26.3 Å². The zero-order chi connectivity index (χ0) is 15.1. The van der Waals surface area contributed by atoms with Crippen LogP contribution in [0, 0.1) is 0 Å². The van der Waals surface area contributed by atoms with Crippen molar-refractivity contribution in [3.05, 3.63) is 0 Å². The van der Waals surface area contributed by atoms with Crippen molar-refractivity contribution in [1.29, 1.82) is 0 Å². The summed E-state index contributed by atoms with van der Waals surface area (Å²) in [6, 6.07) is -0.196. The van der Waals surface area contributed by atoms with E-state index in [2.05, 4.69) is 16.1 Å². The summed E-state index contributed by atoms with van der Waals surface area (Å²) in [6.45, 7) is 3.51. The molecule has 4 N–H and O–H groups in total. The first-order chi connectivity index (χ1) is 9.49. The predicted molar refractivity (Wildman–Crippen MR) is 82.1 cm³/mol. The molecule has 0 aromatic heterocycles. The first-order valence-electron chi connectivity index (χ1n) is 7.09. The lowest BCUT2D eigenvalue weighted by atomic mass is 10.1. The number of carbonyl (C=O) groups excluding carboxylic acids is 2. The lowest BCUT2D eigenvalue weighted by Crippen LogP contribution is -2.42. The minimum Gasteiger partial charge on any atom is -0.368 e. The molecule has 3 unspecified atom stereocenters. The van der Waals surface area contributed by atoms with Crippen LogP contribution in [-0.4, -0.2) is 65.4 Å². The monoisotopic (exact) mass is 302 g/mol. The maximum atomic E-state index is 11.3. The Morgan fingerprint density at radius 2 is 2.25 bits per heavy atom. The molecule has 0 radical (unpaired) electrons. The fourth-order valence-electron chi connectivity index (χ4n) is 2.67. The second kappa shape index (κ2) is 8.61. The van der Waals surface area contributed by atoms with Crippen molar-refractivity contribution in [1.82, 2.24) is 9.21 Å². The van der Waals surface area contributed by atoms with E-state index in [1.807, 2.05) is 7.05 Å². The quantitative estimate of drug-likeness (QED) is 0.453. The second-order valence-corrected chi connectivity index (χ2v) is 6.56. The molecule has 0 aromatic carbocycles. The number of primary amides is 1. The number of aldehydes is 1. The number of rotatable bonds is 9. The third kappa shape index (κ3) is 5.05. The first kappa shape index (κ1) is 17.4. The van der Waals surface area contributed by atoms with Crippen LogP contribution in [-0.2, 0) is 9.59 Å². The van der Waals surface area contributed by atoms with Crippen molar-refractivity contribution < 1.29 is 9.59 Å². The molecule has 1 saturated heterocycles. The van der Waals surface area contributed by atoms with Crippen LogP contribution in [0.15, 0.2) is 0 Å². The van der Waals surface area contributed by atoms with Crippen LogP contribution < -0.4 is 11.5 Å². The van der Waals surface area contributed by atoms with Gasteiger partial charge in [0.05, 0.1) is 12.1 Å². The van der Waals surface area contributed by atoms with E-state index in [0.29, 0.717) is 12.6 Å². The van der Waals surface area contributed by atoms with Gasteiger partial charge in [0.15, 0.2) is 0 Å².